The topological polar surface area (TPSA) is 56.4 Å². The van der Waals surface area contributed by atoms with Gasteiger partial charge in [0.15, 0.2) is 0 Å². The first-order valence-electron chi connectivity index (χ1n) is 6.66. The quantitative estimate of drug-likeness (QED) is 0.628. The molecule has 1 heterocycles. The van der Waals surface area contributed by atoms with E-state index < -0.39 is 5.82 Å². The van der Waals surface area contributed by atoms with Crippen LogP contribution in [0.5, 0.6) is 0 Å². The number of halogens is 1. The number of rotatable bonds is 5. The van der Waals surface area contributed by atoms with Crippen LogP contribution in [0.25, 0.3) is 0 Å². The number of likely N-dealkylation sites (N-methyl/N-ethyl adjacent to an activating group) is 1. The third-order valence-electron chi connectivity index (χ3n) is 3.62. The minimum absolute atomic E-state index is 0.200. The SMILES string of the molecule is CN(CCN1CCCC1)c1cccc(F)c1C(=N)N. The predicted octanol–water partition coefficient (Wildman–Crippen LogP) is 1.64. The molecule has 0 radical (unpaired) electrons. The van der Waals surface area contributed by atoms with Crippen molar-refractivity contribution in [1.82, 2.24) is 4.90 Å². The van der Waals surface area contributed by atoms with E-state index in [2.05, 4.69) is 4.90 Å². The zero-order valence-electron chi connectivity index (χ0n) is 11.3. The van der Waals surface area contributed by atoms with Gasteiger partial charge in [0.1, 0.15) is 11.7 Å². The highest BCUT2D eigenvalue weighted by Crippen LogP contribution is 2.22. The first kappa shape index (κ1) is 13.8. The summed E-state index contributed by atoms with van der Waals surface area (Å²) >= 11 is 0. The van der Waals surface area contributed by atoms with Crippen LogP contribution < -0.4 is 10.6 Å². The number of likely N-dealkylation sites (tertiary alicyclic amines) is 1. The largest absolute Gasteiger partial charge is 0.384 e. The lowest BCUT2D eigenvalue weighted by Gasteiger charge is -2.25. The minimum Gasteiger partial charge on any atom is -0.384 e. The van der Waals surface area contributed by atoms with Crippen LogP contribution in [0.4, 0.5) is 10.1 Å². The molecule has 19 heavy (non-hydrogen) atoms. The smallest absolute Gasteiger partial charge is 0.136 e. The molecule has 3 N–H and O–H groups in total. The predicted molar refractivity (Wildman–Crippen MR) is 76.4 cm³/mol. The van der Waals surface area contributed by atoms with Crippen LogP contribution in [0.2, 0.25) is 0 Å². The van der Waals surface area contributed by atoms with Crippen molar-refractivity contribution in [3.63, 3.8) is 0 Å². The molecule has 0 spiro atoms. The molecule has 0 amide bonds. The van der Waals surface area contributed by atoms with Gasteiger partial charge in [-0.15, -0.1) is 0 Å². The van der Waals surface area contributed by atoms with Crippen molar-refractivity contribution < 1.29 is 4.39 Å². The number of hydrogen-bond donors (Lipinski definition) is 2. The molecule has 0 aromatic heterocycles. The van der Waals surface area contributed by atoms with E-state index in [-0.39, 0.29) is 11.4 Å². The summed E-state index contributed by atoms with van der Waals surface area (Å²) in [5.74, 6) is -0.654. The Hall–Kier alpha value is -1.62. The van der Waals surface area contributed by atoms with Gasteiger partial charge < -0.3 is 15.5 Å². The van der Waals surface area contributed by atoms with Crippen LogP contribution in [-0.4, -0.2) is 44.0 Å². The van der Waals surface area contributed by atoms with E-state index >= 15 is 0 Å². The van der Waals surface area contributed by atoms with Crippen molar-refractivity contribution in [2.24, 2.45) is 5.73 Å². The van der Waals surface area contributed by atoms with Gasteiger partial charge in [-0.2, -0.15) is 0 Å². The molecule has 0 atom stereocenters. The fraction of sp³-hybridized carbons (Fsp3) is 0.500. The van der Waals surface area contributed by atoms with Gasteiger partial charge >= 0.3 is 0 Å². The highest BCUT2D eigenvalue weighted by Gasteiger charge is 2.16. The van der Waals surface area contributed by atoms with E-state index in [4.69, 9.17) is 11.1 Å². The Balaban J connectivity index is 2.07. The highest BCUT2D eigenvalue weighted by atomic mass is 19.1. The molecule has 0 saturated carbocycles. The fourth-order valence-corrected chi connectivity index (χ4v) is 2.52. The van der Waals surface area contributed by atoms with E-state index in [1.165, 1.54) is 18.9 Å². The lowest BCUT2D eigenvalue weighted by molar-refractivity contribution is 0.346. The van der Waals surface area contributed by atoms with E-state index in [9.17, 15) is 4.39 Å². The average molecular weight is 264 g/mol. The Labute approximate surface area is 113 Å². The second-order valence-electron chi connectivity index (χ2n) is 5.02. The molecular formula is C14H21FN4. The molecular weight excluding hydrogens is 243 g/mol. The van der Waals surface area contributed by atoms with Crippen molar-refractivity contribution >= 4 is 11.5 Å². The fourth-order valence-electron chi connectivity index (χ4n) is 2.52. The standard InChI is InChI=1S/C14H21FN4/c1-18(9-10-19-7-2-3-8-19)12-6-4-5-11(15)13(12)14(16)17/h4-6H,2-3,7-10H2,1H3,(H3,16,17). The maximum Gasteiger partial charge on any atom is 0.136 e. The van der Waals surface area contributed by atoms with Gasteiger partial charge in [-0.25, -0.2) is 4.39 Å². The molecule has 1 saturated heterocycles. The second-order valence-corrected chi connectivity index (χ2v) is 5.02. The molecule has 2 rings (SSSR count). The maximum absolute atomic E-state index is 13.7. The molecule has 1 aliphatic heterocycles. The van der Waals surface area contributed by atoms with E-state index in [0.717, 1.165) is 26.2 Å². The Bertz CT molecular complexity index is 455. The second kappa shape index (κ2) is 6.02. The third kappa shape index (κ3) is 3.23. The molecule has 0 unspecified atom stereocenters. The summed E-state index contributed by atoms with van der Waals surface area (Å²) in [6.07, 6.45) is 2.53. The summed E-state index contributed by atoms with van der Waals surface area (Å²) in [5.41, 5.74) is 6.36. The van der Waals surface area contributed by atoms with Crippen LogP contribution in [0, 0.1) is 11.2 Å². The molecule has 1 aromatic carbocycles. The third-order valence-corrected chi connectivity index (χ3v) is 3.62. The summed E-state index contributed by atoms with van der Waals surface area (Å²) < 4.78 is 13.7. The Morgan fingerprint density at radius 1 is 1.42 bits per heavy atom. The summed E-state index contributed by atoms with van der Waals surface area (Å²) in [5, 5.41) is 7.51. The van der Waals surface area contributed by atoms with Gasteiger partial charge in [0.25, 0.3) is 0 Å². The summed E-state index contributed by atoms with van der Waals surface area (Å²) in [6.45, 7) is 4.07. The number of nitrogen functional groups attached to an aromatic ring is 1. The number of benzene rings is 1. The molecule has 0 bridgehead atoms. The van der Waals surface area contributed by atoms with Crippen LogP contribution >= 0.6 is 0 Å². The molecule has 1 aromatic rings. The molecule has 1 aliphatic rings. The minimum atomic E-state index is -0.432. The monoisotopic (exact) mass is 264 g/mol. The number of nitrogens with zero attached hydrogens (tertiary/aromatic N) is 2. The van der Waals surface area contributed by atoms with Crippen molar-refractivity contribution in [3.05, 3.63) is 29.6 Å². The first-order valence-corrected chi connectivity index (χ1v) is 6.66. The summed E-state index contributed by atoms with van der Waals surface area (Å²) in [4.78, 5) is 4.38. The van der Waals surface area contributed by atoms with Gasteiger partial charge in [-0.05, 0) is 38.1 Å². The number of nitrogens with two attached hydrogens (primary N) is 1. The highest BCUT2D eigenvalue weighted by molar-refractivity contribution is 6.00. The summed E-state index contributed by atoms with van der Waals surface area (Å²) in [7, 11) is 1.91. The van der Waals surface area contributed by atoms with Crippen LogP contribution in [0.1, 0.15) is 18.4 Å². The van der Waals surface area contributed by atoms with Crippen LogP contribution in [-0.2, 0) is 0 Å². The van der Waals surface area contributed by atoms with Gasteiger partial charge in [-0.1, -0.05) is 6.07 Å². The van der Waals surface area contributed by atoms with Crippen molar-refractivity contribution in [1.29, 1.82) is 5.41 Å². The first-order chi connectivity index (χ1) is 9.09. The van der Waals surface area contributed by atoms with Gasteiger partial charge in [0.2, 0.25) is 0 Å². The van der Waals surface area contributed by atoms with E-state index in [1.807, 2.05) is 18.0 Å². The van der Waals surface area contributed by atoms with Crippen molar-refractivity contribution in [2.75, 3.05) is 38.1 Å². The molecule has 4 nitrogen and oxygen atoms in total. The average Bonchev–Trinajstić information content (AvgIpc) is 2.88. The molecule has 5 heteroatoms. The van der Waals surface area contributed by atoms with Gasteiger partial charge in [-0.3, -0.25) is 5.41 Å². The zero-order valence-corrected chi connectivity index (χ0v) is 11.3. The maximum atomic E-state index is 13.7. The number of hydrogen-bond acceptors (Lipinski definition) is 3. The Morgan fingerprint density at radius 2 is 2.11 bits per heavy atom. The summed E-state index contributed by atoms with van der Waals surface area (Å²) in [6, 6.07) is 4.81. The molecule has 1 fully saturated rings. The van der Waals surface area contributed by atoms with Crippen LogP contribution in [0.15, 0.2) is 18.2 Å². The molecule has 104 valence electrons. The Morgan fingerprint density at radius 3 is 2.74 bits per heavy atom. The van der Waals surface area contributed by atoms with E-state index in [0.29, 0.717) is 5.69 Å². The lowest BCUT2D eigenvalue weighted by Crippen LogP contribution is -2.32. The normalized spacial score (nSPS) is 15.7. The van der Waals surface area contributed by atoms with Gasteiger partial charge in [0, 0.05) is 20.1 Å². The number of nitrogens with one attached hydrogen (secondary N) is 1. The van der Waals surface area contributed by atoms with E-state index in [1.54, 1.807) is 6.07 Å². The van der Waals surface area contributed by atoms with Gasteiger partial charge in [0.05, 0.1) is 11.3 Å². The van der Waals surface area contributed by atoms with Crippen molar-refractivity contribution in [2.45, 2.75) is 12.8 Å². The number of anilines is 1. The lowest BCUT2D eigenvalue weighted by atomic mass is 10.1. The number of amidine groups is 1. The van der Waals surface area contributed by atoms with Crippen LogP contribution in [0.3, 0.4) is 0 Å². The molecule has 0 aliphatic carbocycles. The van der Waals surface area contributed by atoms with Crippen molar-refractivity contribution in [3.8, 4) is 0 Å². The zero-order chi connectivity index (χ0) is 13.8. The Kier molecular flexibility index (Phi) is 4.37.